The molecule has 0 saturated heterocycles. The first-order valence-corrected chi connectivity index (χ1v) is 7.72. The molecule has 0 radical (unpaired) electrons. The lowest BCUT2D eigenvalue weighted by Gasteiger charge is -2.30. The minimum absolute atomic E-state index is 0.00823. The molecule has 1 aromatic rings. The summed E-state index contributed by atoms with van der Waals surface area (Å²) in [4.78, 5) is 6.47. The van der Waals surface area contributed by atoms with Gasteiger partial charge in [-0.25, -0.2) is 9.37 Å². The van der Waals surface area contributed by atoms with Crippen LogP contribution in [0.2, 0.25) is 0 Å². The van der Waals surface area contributed by atoms with Gasteiger partial charge >= 0.3 is 0 Å². The summed E-state index contributed by atoms with van der Waals surface area (Å²) < 4.78 is 13.5. The Balaban J connectivity index is 2.95. The van der Waals surface area contributed by atoms with Crippen LogP contribution in [0.25, 0.3) is 0 Å². The van der Waals surface area contributed by atoms with E-state index in [9.17, 15) is 4.39 Å². The van der Waals surface area contributed by atoms with E-state index >= 15 is 0 Å². The molecule has 1 unspecified atom stereocenters. The molecule has 0 bridgehead atoms. The molecule has 0 aliphatic carbocycles. The molecule has 21 heavy (non-hydrogen) atoms. The molecule has 1 aromatic heterocycles. The number of hydrogen-bond acceptors (Lipinski definition) is 3. The zero-order chi connectivity index (χ0) is 16.2. The molecule has 0 fully saturated rings. The Bertz CT molecular complexity index is 452. The molecule has 3 nitrogen and oxygen atoms in total. The first-order chi connectivity index (χ1) is 9.60. The van der Waals surface area contributed by atoms with Gasteiger partial charge in [0.15, 0.2) is 0 Å². The van der Waals surface area contributed by atoms with Gasteiger partial charge in [-0.1, -0.05) is 13.8 Å². The van der Waals surface area contributed by atoms with Crippen LogP contribution in [0.5, 0.6) is 0 Å². The quantitative estimate of drug-likeness (QED) is 0.860. The third-order valence-corrected chi connectivity index (χ3v) is 3.53. The van der Waals surface area contributed by atoms with Crippen LogP contribution in [-0.2, 0) is 6.54 Å². The summed E-state index contributed by atoms with van der Waals surface area (Å²) in [6.07, 6.45) is 2.39. The molecule has 0 aliphatic heterocycles. The van der Waals surface area contributed by atoms with Crippen molar-refractivity contribution in [3.63, 3.8) is 0 Å². The first-order valence-electron chi connectivity index (χ1n) is 7.72. The maximum Gasteiger partial charge on any atom is 0.141 e. The van der Waals surface area contributed by atoms with Crippen molar-refractivity contribution in [2.45, 2.75) is 66.1 Å². The predicted octanol–water partition coefficient (Wildman–Crippen LogP) is 3.98. The van der Waals surface area contributed by atoms with E-state index in [4.69, 9.17) is 0 Å². The van der Waals surface area contributed by atoms with Gasteiger partial charge in [-0.15, -0.1) is 0 Å². The molecule has 1 heterocycles. The fourth-order valence-electron chi connectivity index (χ4n) is 2.33. The van der Waals surface area contributed by atoms with Crippen LogP contribution in [0, 0.1) is 11.7 Å². The SMILES string of the molecule is CC(C)CC(C)N(C)c1ncc(F)cc1CNC(C)(C)C. The fraction of sp³-hybridized carbons (Fsp3) is 0.706. The van der Waals surface area contributed by atoms with E-state index in [0.29, 0.717) is 18.5 Å². The molecular weight excluding hydrogens is 265 g/mol. The molecule has 0 saturated carbocycles. The number of halogens is 1. The van der Waals surface area contributed by atoms with E-state index in [1.165, 1.54) is 6.20 Å². The van der Waals surface area contributed by atoms with Crippen molar-refractivity contribution in [2.75, 3.05) is 11.9 Å². The highest BCUT2D eigenvalue weighted by Crippen LogP contribution is 2.22. The number of hydrogen-bond donors (Lipinski definition) is 1. The van der Waals surface area contributed by atoms with Gasteiger partial charge < -0.3 is 10.2 Å². The van der Waals surface area contributed by atoms with E-state index in [1.807, 2.05) is 7.05 Å². The van der Waals surface area contributed by atoms with Gasteiger partial charge in [0.25, 0.3) is 0 Å². The van der Waals surface area contributed by atoms with Gasteiger partial charge in [-0.05, 0) is 46.1 Å². The van der Waals surface area contributed by atoms with Gasteiger partial charge in [-0.2, -0.15) is 0 Å². The standard InChI is InChI=1S/C17H30FN3/c1-12(2)8-13(3)21(7)16-14(9-15(18)11-19-16)10-20-17(4,5)6/h9,11-13,20H,8,10H2,1-7H3. The largest absolute Gasteiger partial charge is 0.357 e. The van der Waals surface area contributed by atoms with E-state index in [-0.39, 0.29) is 11.4 Å². The van der Waals surface area contributed by atoms with Crippen molar-refractivity contribution >= 4 is 5.82 Å². The van der Waals surface area contributed by atoms with E-state index < -0.39 is 0 Å². The zero-order valence-corrected chi connectivity index (χ0v) is 14.5. The molecule has 4 heteroatoms. The van der Waals surface area contributed by atoms with Crippen LogP contribution >= 0.6 is 0 Å². The lowest BCUT2D eigenvalue weighted by molar-refractivity contribution is 0.422. The van der Waals surface area contributed by atoms with Gasteiger partial charge in [0.1, 0.15) is 11.6 Å². The average Bonchev–Trinajstić information content (AvgIpc) is 2.34. The number of anilines is 1. The summed E-state index contributed by atoms with van der Waals surface area (Å²) >= 11 is 0. The van der Waals surface area contributed by atoms with Crippen LogP contribution in [-0.4, -0.2) is 23.6 Å². The Morgan fingerprint density at radius 3 is 2.43 bits per heavy atom. The molecule has 1 atom stereocenters. The Morgan fingerprint density at radius 2 is 1.90 bits per heavy atom. The second-order valence-electron chi connectivity index (χ2n) is 7.33. The highest BCUT2D eigenvalue weighted by Gasteiger charge is 2.18. The zero-order valence-electron chi connectivity index (χ0n) is 14.5. The van der Waals surface area contributed by atoms with Crippen molar-refractivity contribution in [1.82, 2.24) is 10.3 Å². The van der Waals surface area contributed by atoms with E-state index in [2.05, 4.69) is 56.7 Å². The number of nitrogens with zero attached hydrogens (tertiary/aromatic N) is 2. The van der Waals surface area contributed by atoms with Crippen molar-refractivity contribution in [2.24, 2.45) is 5.92 Å². The molecule has 1 N–H and O–H groups in total. The predicted molar refractivity (Wildman–Crippen MR) is 88.1 cm³/mol. The lowest BCUT2D eigenvalue weighted by atomic mass is 10.0. The van der Waals surface area contributed by atoms with E-state index in [0.717, 1.165) is 17.8 Å². The van der Waals surface area contributed by atoms with Gasteiger partial charge in [0.2, 0.25) is 0 Å². The van der Waals surface area contributed by atoms with Crippen molar-refractivity contribution < 1.29 is 4.39 Å². The van der Waals surface area contributed by atoms with Crippen molar-refractivity contribution in [1.29, 1.82) is 0 Å². The number of nitrogens with one attached hydrogen (secondary N) is 1. The van der Waals surface area contributed by atoms with Crippen LogP contribution in [0.3, 0.4) is 0 Å². The first kappa shape index (κ1) is 17.9. The highest BCUT2D eigenvalue weighted by atomic mass is 19.1. The Morgan fingerprint density at radius 1 is 1.29 bits per heavy atom. The maximum atomic E-state index is 13.5. The molecule has 0 aromatic carbocycles. The third-order valence-electron chi connectivity index (χ3n) is 3.53. The topological polar surface area (TPSA) is 28.2 Å². The minimum atomic E-state index is -0.283. The second kappa shape index (κ2) is 7.21. The lowest BCUT2D eigenvalue weighted by Crippen LogP contribution is -2.37. The smallest absolute Gasteiger partial charge is 0.141 e. The summed E-state index contributed by atoms with van der Waals surface area (Å²) in [7, 11) is 2.04. The normalized spacial score (nSPS) is 13.6. The van der Waals surface area contributed by atoms with Crippen molar-refractivity contribution in [3.05, 3.63) is 23.6 Å². The van der Waals surface area contributed by atoms with Crippen molar-refractivity contribution in [3.8, 4) is 0 Å². The summed E-state index contributed by atoms with van der Waals surface area (Å²) in [6.45, 7) is 13.5. The number of rotatable bonds is 6. The van der Waals surface area contributed by atoms with Crippen LogP contribution in [0.4, 0.5) is 10.2 Å². The molecule has 0 spiro atoms. The number of aromatic nitrogens is 1. The fourth-order valence-corrected chi connectivity index (χ4v) is 2.33. The summed E-state index contributed by atoms with van der Waals surface area (Å²) in [5.74, 6) is 1.20. The second-order valence-corrected chi connectivity index (χ2v) is 7.33. The minimum Gasteiger partial charge on any atom is -0.357 e. The van der Waals surface area contributed by atoms with Crippen LogP contribution in [0.1, 0.15) is 53.5 Å². The van der Waals surface area contributed by atoms with Gasteiger partial charge in [0.05, 0.1) is 6.20 Å². The monoisotopic (exact) mass is 295 g/mol. The summed E-state index contributed by atoms with van der Waals surface area (Å²) in [6, 6.07) is 1.95. The Kier molecular flexibility index (Phi) is 6.14. The van der Waals surface area contributed by atoms with Gasteiger partial charge in [-0.3, -0.25) is 0 Å². The molecule has 0 aliphatic rings. The Hall–Kier alpha value is -1.16. The van der Waals surface area contributed by atoms with E-state index in [1.54, 1.807) is 6.07 Å². The highest BCUT2D eigenvalue weighted by molar-refractivity contribution is 5.47. The molecule has 0 amide bonds. The number of pyridine rings is 1. The van der Waals surface area contributed by atoms with Crippen LogP contribution in [0.15, 0.2) is 12.3 Å². The van der Waals surface area contributed by atoms with Gasteiger partial charge in [0, 0.05) is 30.7 Å². The maximum absolute atomic E-state index is 13.5. The summed E-state index contributed by atoms with van der Waals surface area (Å²) in [5, 5.41) is 3.41. The van der Waals surface area contributed by atoms with Crippen LogP contribution < -0.4 is 10.2 Å². The Labute approximate surface area is 129 Å². The molecule has 120 valence electrons. The molecule has 1 rings (SSSR count). The average molecular weight is 295 g/mol. The summed E-state index contributed by atoms with van der Waals surface area (Å²) in [5.41, 5.74) is 0.897. The third kappa shape index (κ3) is 6.00. The molecular formula is C17H30FN3.